The Morgan fingerprint density at radius 2 is 0.686 bits per heavy atom. The number of rotatable bonds is 4. The third-order valence-corrected chi connectivity index (χ3v) is 14.2. The van der Waals surface area contributed by atoms with Gasteiger partial charge in [-0.25, -0.2) is 9.59 Å². The lowest BCUT2D eigenvalue weighted by atomic mass is 9.72. The molecule has 0 aliphatic carbocycles. The van der Waals surface area contributed by atoms with Gasteiger partial charge >= 0.3 is 11.9 Å². The first kappa shape index (κ1) is 48.0. The second kappa shape index (κ2) is 22.6. The summed E-state index contributed by atoms with van der Waals surface area (Å²) in [5.74, 6) is 1.09. The molecule has 2 atom stereocenters. The third-order valence-electron chi connectivity index (χ3n) is 14.2. The molecule has 8 heteroatoms. The molecule has 12 rings (SSSR count). The van der Waals surface area contributed by atoms with Gasteiger partial charge in [0.1, 0.15) is 49.4 Å². The first-order valence-corrected chi connectivity index (χ1v) is 25.2. The maximum Gasteiger partial charge on any atom is 0.338 e. The van der Waals surface area contributed by atoms with Gasteiger partial charge in [0.25, 0.3) is 0 Å². The fraction of sp³-hybridized carbons (Fsp3) is 0.323. The maximum atomic E-state index is 14.2. The van der Waals surface area contributed by atoms with Crippen LogP contribution in [0, 0.1) is 11.8 Å². The molecule has 6 heterocycles. The van der Waals surface area contributed by atoms with E-state index in [4.69, 9.17) is 28.4 Å². The molecular formula is C62H64O8. The predicted molar refractivity (Wildman–Crippen MR) is 272 cm³/mol. The molecule has 8 nitrogen and oxygen atoms in total. The average Bonchev–Trinajstić information content (AvgIpc) is 3.88. The summed E-state index contributed by atoms with van der Waals surface area (Å²) in [5, 5.41) is 0. The van der Waals surface area contributed by atoms with Crippen LogP contribution in [0.2, 0.25) is 0 Å². The van der Waals surface area contributed by atoms with E-state index in [-0.39, 0.29) is 50.2 Å². The monoisotopic (exact) mass is 936 g/mol. The Kier molecular flexibility index (Phi) is 15.5. The summed E-state index contributed by atoms with van der Waals surface area (Å²) in [4.78, 5) is 28.4. The van der Waals surface area contributed by atoms with Crippen LogP contribution < -0.4 is 9.47 Å². The molecule has 4 bridgehead atoms. The number of allylic oxidation sites excluding steroid dienone is 2. The van der Waals surface area contributed by atoms with Crippen LogP contribution in [0.3, 0.4) is 0 Å². The third kappa shape index (κ3) is 10.4. The Labute approximate surface area is 413 Å². The molecule has 6 aliphatic heterocycles. The van der Waals surface area contributed by atoms with Gasteiger partial charge in [0.15, 0.2) is 11.2 Å². The number of aryl methyl sites for hydroxylation is 2. The molecule has 0 N–H and O–H groups in total. The van der Waals surface area contributed by atoms with Crippen molar-refractivity contribution in [3.05, 3.63) is 226 Å². The molecule has 0 spiro atoms. The van der Waals surface area contributed by atoms with Crippen LogP contribution in [0.15, 0.2) is 193 Å². The van der Waals surface area contributed by atoms with E-state index in [0.717, 1.165) is 86.5 Å². The molecule has 0 amide bonds. The van der Waals surface area contributed by atoms with E-state index in [1.165, 1.54) is 11.1 Å². The van der Waals surface area contributed by atoms with Gasteiger partial charge in [-0.2, -0.15) is 0 Å². The average molecular weight is 937 g/mol. The topological polar surface area (TPSA) is 89.5 Å². The van der Waals surface area contributed by atoms with Gasteiger partial charge in [-0.3, -0.25) is 0 Å². The molecule has 360 valence electrons. The van der Waals surface area contributed by atoms with Gasteiger partial charge in [0.05, 0.1) is 11.1 Å². The van der Waals surface area contributed by atoms with Crippen LogP contribution in [0.1, 0.15) is 98.6 Å². The highest BCUT2D eigenvalue weighted by molar-refractivity contribution is 5.91. The van der Waals surface area contributed by atoms with Gasteiger partial charge in [-0.1, -0.05) is 171 Å². The van der Waals surface area contributed by atoms with E-state index in [9.17, 15) is 9.59 Å². The number of esters is 2. The highest BCUT2D eigenvalue weighted by Gasteiger charge is 2.54. The molecule has 0 radical (unpaired) electrons. The standard InChI is InChI=1S/C62H64O8/c1-45-57-55(61(69-45,49-23-11-5-12-24-49)50-25-13-6-14-26-50)31-19-3-9-21-47-33-35-48(36-34-47)22-10-4-20-32-56-58(46(2)70-62(56,51-27-15-7-16-28-51)52-29-17-8-18-30-52)60(64)68-44-42-66-54-39-37-53(38-40-54)65-41-43-67-59(57)63/h5-8,11-18,23-30,33-40,55-56H,3-4,9-10,19-22,31-32,41-44H2,1-2H3. The molecule has 6 aromatic rings. The minimum absolute atomic E-state index is 0.0635. The van der Waals surface area contributed by atoms with Gasteiger partial charge in [-0.15, -0.1) is 0 Å². The number of carbonyl (C=O) groups is 2. The highest BCUT2D eigenvalue weighted by Crippen LogP contribution is 2.54. The van der Waals surface area contributed by atoms with Crippen molar-refractivity contribution in [2.75, 3.05) is 26.4 Å². The fourth-order valence-corrected chi connectivity index (χ4v) is 11.0. The van der Waals surface area contributed by atoms with Crippen molar-refractivity contribution in [2.45, 2.75) is 89.3 Å². The Hall–Kier alpha value is -7.06. The van der Waals surface area contributed by atoms with Crippen LogP contribution in [0.5, 0.6) is 11.5 Å². The van der Waals surface area contributed by atoms with E-state index < -0.39 is 11.2 Å². The van der Waals surface area contributed by atoms with Gasteiger partial charge in [-0.05, 0) is 87.8 Å². The van der Waals surface area contributed by atoms with E-state index in [1.807, 2.05) is 111 Å². The lowest BCUT2D eigenvalue weighted by Crippen LogP contribution is -2.37. The second-order valence-electron chi connectivity index (χ2n) is 18.6. The SMILES string of the molecule is CC1=C2C(=O)OCCOc3ccc(cc3)OCCOC(=O)C3=C(C)OC(c4ccccc4)(c4ccccc4)C3CCCCCc3ccc(cc3)CCCCCC2C(c2ccccc2)(c2ccccc2)O1. The molecule has 0 saturated carbocycles. The number of hydrogen-bond acceptors (Lipinski definition) is 8. The molecule has 6 aromatic carbocycles. The summed E-state index contributed by atoms with van der Waals surface area (Å²) in [5.41, 5.74) is 6.08. The molecule has 2 unspecified atom stereocenters. The van der Waals surface area contributed by atoms with Crippen molar-refractivity contribution in [1.29, 1.82) is 0 Å². The smallest absolute Gasteiger partial charge is 0.338 e. The maximum absolute atomic E-state index is 14.2. The zero-order valence-corrected chi connectivity index (χ0v) is 40.5. The highest BCUT2D eigenvalue weighted by atomic mass is 16.6. The molecule has 70 heavy (non-hydrogen) atoms. The molecule has 6 aliphatic rings. The Morgan fingerprint density at radius 3 is 1.01 bits per heavy atom. The van der Waals surface area contributed by atoms with Gasteiger partial charge < -0.3 is 28.4 Å². The number of ether oxygens (including phenoxy) is 6. The summed E-state index contributed by atoms with van der Waals surface area (Å²) in [6, 6.07) is 57.4. The van der Waals surface area contributed by atoms with Crippen molar-refractivity contribution in [3.8, 4) is 11.5 Å². The lowest BCUT2D eigenvalue weighted by Gasteiger charge is -2.37. The normalized spacial score (nSPS) is 20.5. The Bertz CT molecular complexity index is 2440. The minimum Gasteiger partial charge on any atom is -0.490 e. The molecular weight excluding hydrogens is 873 g/mol. The Morgan fingerprint density at radius 1 is 0.371 bits per heavy atom. The molecule has 0 fully saturated rings. The van der Waals surface area contributed by atoms with E-state index in [1.54, 1.807) is 0 Å². The second-order valence-corrected chi connectivity index (χ2v) is 18.6. The predicted octanol–water partition coefficient (Wildman–Crippen LogP) is 13.2. The molecule has 0 saturated heterocycles. The number of carbonyl (C=O) groups excluding carboxylic acids is 2. The van der Waals surface area contributed by atoms with Crippen molar-refractivity contribution < 1.29 is 38.0 Å². The first-order valence-electron chi connectivity index (χ1n) is 25.2. The van der Waals surface area contributed by atoms with E-state index in [2.05, 4.69) is 72.8 Å². The van der Waals surface area contributed by atoms with Crippen LogP contribution in [0.25, 0.3) is 0 Å². The number of benzene rings is 6. The summed E-state index contributed by atoms with van der Waals surface area (Å²) in [6.07, 6.45) is 9.39. The van der Waals surface area contributed by atoms with Crippen LogP contribution in [-0.2, 0) is 52.6 Å². The molecule has 0 aromatic heterocycles. The van der Waals surface area contributed by atoms with E-state index >= 15 is 0 Å². The van der Waals surface area contributed by atoms with Crippen molar-refractivity contribution in [2.24, 2.45) is 11.8 Å². The quantitative estimate of drug-likeness (QED) is 0.162. The minimum atomic E-state index is -0.880. The van der Waals surface area contributed by atoms with Crippen LogP contribution >= 0.6 is 0 Å². The Balaban J connectivity index is 0.928. The summed E-state index contributed by atoms with van der Waals surface area (Å²) in [7, 11) is 0. The van der Waals surface area contributed by atoms with Crippen LogP contribution in [0.4, 0.5) is 0 Å². The largest absolute Gasteiger partial charge is 0.490 e. The fourth-order valence-electron chi connectivity index (χ4n) is 11.0. The van der Waals surface area contributed by atoms with Crippen molar-refractivity contribution in [1.82, 2.24) is 0 Å². The van der Waals surface area contributed by atoms with Gasteiger partial charge in [0.2, 0.25) is 0 Å². The first-order chi connectivity index (χ1) is 34.4. The zero-order valence-electron chi connectivity index (χ0n) is 40.5. The number of hydrogen-bond donors (Lipinski definition) is 0. The lowest BCUT2D eigenvalue weighted by molar-refractivity contribution is -0.141. The summed E-state index contributed by atoms with van der Waals surface area (Å²) < 4.78 is 37.9. The summed E-state index contributed by atoms with van der Waals surface area (Å²) >= 11 is 0. The van der Waals surface area contributed by atoms with Crippen molar-refractivity contribution >= 4 is 11.9 Å². The van der Waals surface area contributed by atoms with Crippen LogP contribution in [-0.4, -0.2) is 38.4 Å². The van der Waals surface area contributed by atoms with Crippen molar-refractivity contribution in [3.63, 3.8) is 0 Å². The van der Waals surface area contributed by atoms with E-state index in [0.29, 0.717) is 34.2 Å². The zero-order chi connectivity index (χ0) is 48.2. The van der Waals surface area contributed by atoms with Gasteiger partial charge in [0, 0.05) is 34.1 Å². The summed E-state index contributed by atoms with van der Waals surface area (Å²) in [6.45, 7) is 4.24.